The summed E-state index contributed by atoms with van der Waals surface area (Å²) in [5.41, 5.74) is 5.52. The number of unbranched alkanes of at least 4 members (excludes halogenated alkanes) is 2. The Kier molecular flexibility index (Phi) is 23.1. The van der Waals surface area contributed by atoms with E-state index in [1.165, 1.54) is 60.8 Å². The maximum absolute atomic E-state index is 3.10. The molecule has 0 unspecified atom stereocenters. The van der Waals surface area contributed by atoms with E-state index in [0.29, 0.717) is 0 Å². The van der Waals surface area contributed by atoms with Crippen LogP contribution in [0.1, 0.15) is 61.8 Å². The fourth-order valence-corrected chi connectivity index (χ4v) is 2.87. The molecule has 0 radical (unpaired) electrons. The van der Waals surface area contributed by atoms with Gasteiger partial charge in [-0.15, -0.1) is 0 Å². The maximum atomic E-state index is 3.10. The van der Waals surface area contributed by atoms with Gasteiger partial charge in [-0.1, -0.05) is 66.2 Å². The summed E-state index contributed by atoms with van der Waals surface area (Å²) in [6.45, 7) is 10.6. The number of aryl methyl sites for hydroxylation is 4. The van der Waals surface area contributed by atoms with E-state index in [4.69, 9.17) is 0 Å². The molecule has 0 bridgehead atoms. The van der Waals surface area contributed by atoms with Crippen LogP contribution in [-0.4, -0.2) is 6.88 Å². The Balaban J connectivity index is 0.000000420. The average Bonchev–Trinajstić information content (AvgIpc) is 3.61. The zero-order chi connectivity index (χ0) is 25.3. The van der Waals surface area contributed by atoms with E-state index >= 15 is 0 Å². The summed E-state index contributed by atoms with van der Waals surface area (Å²) in [4.78, 5) is 0. The Morgan fingerprint density at radius 1 is 0.735 bits per heavy atom. The van der Waals surface area contributed by atoms with Gasteiger partial charge < -0.3 is 0 Å². The van der Waals surface area contributed by atoms with Crippen molar-refractivity contribution in [3.63, 3.8) is 0 Å². The van der Waals surface area contributed by atoms with Crippen molar-refractivity contribution in [2.45, 2.75) is 66.2 Å². The minimum atomic E-state index is 1.24. The normalized spacial score (nSPS) is 8.91. The third-order valence-corrected chi connectivity index (χ3v) is 5.04. The fraction of sp³-hybridized carbons (Fsp3) is 0.312. The zero-order valence-corrected chi connectivity index (χ0v) is 25.6. The SMILES string of the molecule is CCCCc1cc[cH-]c1.CCCCc1cc[cH-]c1.Cc1[c-]cccc1C.[SiH2]=[Zr].[c-]1ccccc1. The number of rotatable bonds is 6. The summed E-state index contributed by atoms with van der Waals surface area (Å²) in [5.74, 6) is 0. The van der Waals surface area contributed by atoms with Gasteiger partial charge in [0.2, 0.25) is 0 Å². The first-order chi connectivity index (χ1) is 16.7. The Hall–Kier alpha value is -1.76. The largest absolute Gasteiger partial charge is 0.184 e. The van der Waals surface area contributed by atoms with E-state index in [1.807, 2.05) is 49.3 Å². The van der Waals surface area contributed by atoms with Crippen LogP contribution in [0.5, 0.6) is 0 Å². The van der Waals surface area contributed by atoms with Crippen molar-refractivity contribution in [3.05, 3.63) is 131 Å². The van der Waals surface area contributed by atoms with Gasteiger partial charge in [-0.05, 0) is 0 Å². The van der Waals surface area contributed by atoms with Crippen LogP contribution in [0.4, 0.5) is 0 Å². The van der Waals surface area contributed by atoms with Gasteiger partial charge in [0.25, 0.3) is 0 Å². The molecule has 0 saturated heterocycles. The summed E-state index contributed by atoms with van der Waals surface area (Å²) in [5, 5.41) is 0. The van der Waals surface area contributed by atoms with Gasteiger partial charge in [0.05, 0.1) is 0 Å². The molecule has 0 fully saturated rings. The van der Waals surface area contributed by atoms with Crippen molar-refractivity contribution in [2.75, 3.05) is 0 Å². The summed E-state index contributed by atoms with van der Waals surface area (Å²) >= 11 is 1.58. The first-order valence-electron chi connectivity index (χ1n) is 12.3. The minimum absolute atomic E-state index is 1.24. The van der Waals surface area contributed by atoms with E-state index in [0.717, 1.165) is 0 Å². The molecule has 4 rings (SSSR count). The van der Waals surface area contributed by atoms with Crippen LogP contribution in [0.3, 0.4) is 0 Å². The topological polar surface area (TPSA) is 0 Å². The number of hydrogen-bond acceptors (Lipinski definition) is 0. The van der Waals surface area contributed by atoms with Crippen LogP contribution >= 0.6 is 0 Å². The number of hydrogen-bond donors (Lipinski definition) is 0. The van der Waals surface area contributed by atoms with Gasteiger partial charge in [0.15, 0.2) is 0 Å². The van der Waals surface area contributed by atoms with Crippen LogP contribution in [0.2, 0.25) is 0 Å². The second-order valence-corrected chi connectivity index (χ2v) is 7.85. The molecule has 0 heterocycles. The van der Waals surface area contributed by atoms with E-state index in [2.05, 4.69) is 94.4 Å². The van der Waals surface area contributed by atoms with E-state index < -0.39 is 0 Å². The van der Waals surface area contributed by atoms with Crippen LogP contribution < -0.4 is 0 Å². The van der Waals surface area contributed by atoms with Crippen molar-refractivity contribution in [1.82, 2.24) is 0 Å². The van der Waals surface area contributed by atoms with Gasteiger partial charge >= 0.3 is 30.2 Å². The van der Waals surface area contributed by atoms with Gasteiger partial charge in [0, 0.05) is 0 Å². The Morgan fingerprint density at radius 2 is 1.26 bits per heavy atom. The molecule has 0 atom stereocenters. The molecule has 0 aliphatic rings. The first-order valence-corrected chi connectivity index (χ1v) is 18.2. The average molecular weight is 546 g/mol. The minimum Gasteiger partial charge on any atom is -0.184 e. The summed E-state index contributed by atoms with van der Waals surface area (Å²) < 4.78 is 0. The molecule has 2 heteroatoms. The molecule has 0 saturated carbocycles. The second kappa shape index (κ2) is 24.4. The predicted octanol–water partition coefficient (Wildman–Crippen LogP) is 8.17. The van der Waals surface area contributed by atoms with Crippen molar-refractivity contribution in [2.24, 2.45) is 0 Å². The van der Waals surface area contributed by atoms with E-state index in [-0.39, 0.29) is 0 Å². The molecule has 182 valence electrons. The number of benzene rings is 2. The van der Waals surface area contributed by atoms with Crippen molar-refractivity contribution < 1.29 is 23.3 Å². The quantitative estimate of drug-likeness (QED) is 0.169. The molecule has 0 N–H and O–H groups in total. The Labute approximate surface area is 226 Å². The summed E-state index contributed by atoms with van der Waals surface area (Å²) in [7, 11) is 0. The van der Waals surface area contributed by atoms with Gasteiger partial charge in [-0.2, -0.15) is 119 Å². The molecule has 4 aromatic rings. The van der Waals surface area contributed by atoms with E-state index in [9.17, 15) is 0 Å². The molecule has 4 aromatic carbocycles. The molecular formula is C32H42SiZr-4. The zero-order valence-electron chi connectivity index (χ0n) is 21.7. The standard InChI is InChI=1S/2C9H13.C8H9.C6H5.H2Si.Zr/c2*1-2-3-6-9-7-4-5-8-9;1-7-5-3-4-6-8(7)2;1-2-4-6-5-3-1;;/h2*4-5,7-8H,2-3,6H2,1H3;3-5H,1-2H3;1-5H;1H2;/q4*-1;;. The molecule has 0 aromatic heterocycles. The maximum Gasteiger partial charge on any atom is -0.171 e. The molecule has 0 aliphatic carbocycles. The van der Waals surface area contributed by atoms with Crippen molar-refractivity contribution in [1.29, 1.82) is 0 Å². The van der Waals surface area contributed by atoms with Gasteiger partial charge in [-0.25, -0.2) is 12.1 Å². The molecular weight excluding hydrogens is 504 g/mol. The molecule has 0 amide bonds. The third kappa shape index (κ3) is 18.6. The molecule has 0 spiro atoms. The van der Waals surface area contributed by atoms with Gasteiger partial charge in [0.1, 0.15) is 0 Å². The van der Waals surface area contributed by atoms with Crippen LogP contribution in [0, 0.1) is 26.0 Å². The second-order valence-electron chi connectivity index (χ2n) is 7.85. The Bertz CT molecular complexity index is 794. The van der Waals surface area contributed by atoms with Crippen molar-refractivity contribution in [3.8, 4) is 0 Å². The smallest absolute Gasteiger partial charge is 0.171 e. The van der Waals surface area contributed by atoms with Crippen LogP contribution in [0.25, 0.3) is 0 Å². The fourth-order valence-electron chi connectivity index (χ4n) is 2.87. The summed E-state index contributed by atoms with van der Waals surface area (Å²) in [6, 6.07) is 38.8. The Morgan fingerprint density at radius 3 is 1.53 bits per heavy atom. The molecule has 0 aliphatic heterocycles. The third-order valence-electron chi connectivity index (χ3n) is 5.04. The molecule has 34 heavy (non-hydrogen) atoms. The predicted molar refractivity (Wildman–Crippen MR) is 150 cm³/mol. The van der Waals surface area contributed by atoms with Crippen LogP contribution in [0.15, 0.2) is 97.1 Å². The van der Waals surface area contributed by atoms with Crippen molar-refractivity contribution >= 4 is 6.88 Å². The van der Waals surface area contributed by atoms with Crippen LogP contribution in [-0.2, 0) is 36.2 Å². The first kappa shape index (κ1) is 32.2. The van der Waals surface area contributed by atoms with E-state index in [1.54, 1.807) is 23.3 Å². The van der Waals surface area contributed by atoms with Gasteiger partial charge in [-0.3, -0.25) is 0 Å². The monoisotopic (exact) mass is 544 g/mol. The summed E-state index contributed by atoms with van der Waals surface area (Å²) in [6.07, 6.45) is 7.75. The molecule has 0 nitrogen and oxygen atoms in total.